The molecule has 0 amide bonds. The van der Waals surface area contributed by atoms with Gasteiger partial charge < -0.3 is 4.74 Å². The second kappa shape index (κ2) is 13.3. The molecule has 10 rings (SSSR count). The predicted molar refractivity (Wildman–Crippen MR) is 196 cm³/mol. The molecule has 7 saturated carbocycles. The molecular weight excluding hydrogens is 599 g/mol. The first kappa shape index (κ1) is 31.4. The average Bonchev–Trinajstić information content (AvgIpc) is 3.80. The zero-order valence-electron chi connectivity index (χ0n) is 29.2. The molecule has 7 aliphatic carbocycles. The highest BCUT2D eigenvalue weighted by Gasteiger charge is 2.60. The summed E-state index contributed by atoms with van der Waals surface area (Å²) in [7, 11) is 0. The minimum absolute atomic E-state index is 0.608. The third-order valence-electron chi connectivity index (χ3n) is 17.1. The highest BCUT2D eigenvalue weighted by atomic mass is 32.2. The smallest absolute Gasteiger partial charge is 0.0612 e. The number of hydrogen-bond donors (Lipinski definition) is 0. The molecule has 4 heteroatoms. The van der Waals surface area contributed by atoms with Gasteiger partial charge in [0.05, 0.1) is 12.2 Å². The van der Waals surface area contributed by atoms with Crippen molar-refractivity contribution in [2.45, 2.75) is 212 Å². The molecule has 46 heavy (non-hydrogen) atoms. The van der Waals surface area contributed by atoms with Gasteiger partial charge in [0, 0.05) is 39.1 Å². The van der Waals surface area contributed by atoms with Crippen LogP contribution in [0.15, 0.2) is 0 Å². The molecule has 2 nitrogen and oxygen atoms in total. The van der Waals surface area contributed by atoms with Gasteiger partial charge in [-0.3, -0.25) is 4.90 Å². The zero-order valence-corrected chi connectivity index (χ0v) is 30.8. The molecule has 14 atom stereocenters. The van der Waals surface area contributed by atoms with E-state index in [9.17, 15) is 0 Å². The largest absolute Gasteiger partial charge is 0.374 e. The minimum Gasteiger partial charge on any atom is -0.374 e. The summed E-state index contributed by atoms with van der Waals surface area (Å²) in [5.41, 5.74) is 0. The fraction of sp³-hybridized carbons (Fsp3) is 1.00. The van der Waals surface area contributed by atoms with E-state index in [-0.39, 0.29) is 0 Å². The van der Waals surface area contributed by atoms with E-state index in [1.54, 1.807) is 57.8 Å². The van der Waals surface area contributed by atoms with Crippen LogP contribution in [-0.2, 0) is 4.74 Å². The monoisotopic (exact) mass is 665 g/mol. The summed E-state index contributed by atoms with van der Waals surface area (Å²) >= 11 is 5.16. The topological polar surface area (TPSA) is 12.5 Å². The van der Waals surface area contributed by atoms with Gasteiger partial charge in [0.25, 0.3) is 0 Å². The Kier molecular flexibility index (Phi) is 9.07. The third-order valence-corrected chi connectivity index (χ3v) is 20.8. The lowest BCUT2D eigenvalue weighted by atomic mass is 9.64. The van der Waals surface area contributed by atoms with Gasteiger partial charge in [0.15, 0.2) is 0 Å². The Morgan fingerprint density at radius 1 is 0.413 bits per heavy atom. The van der Waals surface area contributed by atoms with E-state index in [0.717, 1.165) is 86.5 Å². The summed E-state index contributed by atoms with van der Waals surface area (Å²) in [6, 6.07) is 2.62. The van der Waals surface area contributed by atoms with Crippen molar-refractivity contribution in [1.29, 1.82) is 0 Å². The summed E-state index contributed by atoms with van der Waals surface area (Å²) in [4.78, 5) is 3.41. The number of fused-ring (bicyclic) bond motifs is 10. The number of rotatable bonds is 4. The first-order valence-electron chi connectivity index (χ1n) is 21.5. The summed E-state index contributed by atoms with van der Waals surface area (Å²) in [6.45, 7) is 0. The van der Waals surface area contributed by atoms with Crippen LogP contribution in [0.5, 0.6) is 0 Å². The fourth-order valence-electron chi connectivity index (χ4n) is 15.2. The second-order valence-electron chi connectivity index (χ2n) is 18.9. The Bertz CT molecular complexity index is 1050. The normalized spacial score (nSPS) is 53.9. The van der Waals surface area contributed by atoms with Crippen LogP contribution in [0.4, 0.5) is 0 Å². The number of hydrogen-bond acceptors (Lipinski definition) is 4. The number of ether oxygens (including phenoxy) is 1. The number of nitrogens with zero attached hydrogens (tertiary/aromatic N) is 1. The first-order valence-corrected chi connectivity index (χ1v) is 23.4. The van der Waals surface area contributed by atoms with Crippen molar-refractivity contribution in [2.75, 3.05) is 0 Å². The Hall–Kier alpha value is 0.620. The van der Waals surface area contributed by atoms with E-state index in [1.807, 2.05) is 0 Å². The van der Waals surface area contributed by atoms with Gasteiger partial charge in [0.1, 0.15) is 0 Å². The van der Waals surface area contributed by atoms with Gasteiger partial charge in [0.2, 0.25) is 0 Å². The maximum Gasteiger partial charge on any atom is 0.0612 e. The fourth-order valence-corrected chi connectivity index (χ4v) is 19.9. The third kappa shape index (κ3) is 5.47. The van der Waals surface area contributed by atoms with Gasteiger partial charge >= 0.3 is 0 Å². The van der Waals surface area contributed by atoms with E-state index in [2.05, 4.69) is 28.4 Å². The molecule has 0 bridgehead atoms. The lowest BCUT2D eigenvalue weighted by Crippen LogP contribution is -2.58. The van der Waals surface area contributed by atoms with Crippen molar-refractivity contribution in [3.8, 4) is 0 Å². The van der Waals surface area contributed by atoms with Crippen molar-refractivity contribution in [1.82, 2.24) is 4.90 Å². The van der Waals surface area contributed by atoms with Crippen molar-refractivity contribution < 1.29 is 4.74 Å². The molecule has 3 heterocycles. The standard InChI is InChI=1S/C42H67NOS2/c1-2-9-26(10-3-1)27-17-19-28(20-18-27)43(29-21-23-37-34(25-29)30-11-4-6-15-36(30)44-37)35-14-8-13-31-32-22-24-39-40(42(32)46-41(31)35)33-12-5-7-16-38(33)45-39/h26-42H,1-25H2. The van der Waals surface area contributed by atoms with E-state index in [1.165, 1.54) is 103 Å². The molecule has 258 valence electrons. The molecule has 10 aliphatic rings. The summed E-state index contributed by atoms with van der Waals surface area (Å²) in [5, 5.41) is 4.02. The lowest BCUT2D eigenvalue weighted by Gasteiger charge is -2.53. The highest BCUT2D eigenvalue weighted by molar-refractivity contribution is 8.02. The maximum atomic E-state index is 6.86. The van der Waals surface area contributed by atoms with Gasteiger partial charge in [-0.25, -0.2) is 0 Å². The molecule has 10 fully saturated rings. The molecule has 0 spiro atoms. The molecule has 0 aromatic heterocycles. The molecule has 0 aromatic rings. The Balaban J connectivity index is 0.919. The quantitative estimate of drug-likeness (QED) is 0.296. The van der Waals surface area contributed by atoms with Crippen molar-refractivity contribution in [3.63, 3.8) is 0 Å². The van der Waals surface area contributed by atoms with Gasteiger partial charge in [-0.1, -0.05) is 64.2 Å². The van der Waals surface area contributed by atoms with Crippen molar-refractivity contribution in [2.24, 2.45) is 47.3 Å². The van der Waals surface area contributed by atoms with Crippen LogP contribution in [0.25, 0.3) is 0 Å². The molecule has 0 N–H and O–H groups in total. The summed E-state index contributed by atoms with van der Waals surface area (Å²) in [5.74, 6) is 8.16. The molecule has 0 aromatic carbocycles. The van der Waals surface area contributed by atoms with Crippen LogP contribution < -0.4 is 0 Å². The van der Waals surface area contributed by atoms with Crippen LogP contribution >= 0.6 is 23.5 Å². The first-order chi connectivity index (χ1) is 22.8. The van der Waals surface area contributed by atoms with Gasteiger partial charge in [-0.2, -0.15) is 23.5 Å². The van der Waals surface area contributed by atoms with E-state index in [0.29, 0.717) is 12.2 Å². The van der Waals surface area contributed by atoms with E-state index < -0.39 is 0 Å². The van der Waals surface area contributed by atoms with Crippen molar-refractivity contribution in [3.05, 3.63) is 0 Å². The van der Waals surface area contributed by atoms with Gasteiger partial charge in [-0.15, -0.1) is 0 Å². The summed E-state index contributed by atoms with van der Waals surface area (Å²) < 4.78 is 6.86. The molecular formula is C42H67NOS2. The summed E-state index contributed by atoms with van der Waals surface area (Å²) in [6.07, 6.45) is 39.1. The van der Waals surface area contributed by atoms with E-state index >= 15 is 0 Å². The molecule has 0 radical (unpaired) electrons. The molecule has 3 aliphatic heterocycles. The molecule has 3 saturated heterocycles. The molecule has 14 unspecified atom stereocenters. The highest BCUT2D eigenvalue weighted by Crippen LogP contribution is 2.65. The predicted octanol–water partition coefficient (Wildman–Crippen LogP) is 10.9. The SMILES string of the molecule is C1CCC(C2CCC(N(C3CCC4OC5CCCCC5C4C3)C3CCCC4C5CCC6SC7CCCCC7C6C5SC43)CC2)CC1. The van der Waals surface area contributed by atoms with Crippen LogP contribution in [-0.4, -0.2) is 56.2 Å². The second-order valence-corrected chi connectivity index (χ2v) is 21.8. The van der Waals surface area contributed by atoms with Crippen LogP contribution in [0.1, 0.15) is 161 Å². The minimum atomic E-state index is 0.608. The average molecular weight is 666 g/mol. The van der Waals surface area contributed by atoms with Gasteiger partial charge in [-0.05, 0) is 144 Å². The zero-order chi connectivity index (χ0) is 30.2. The number of thioether (sulfide) groups is 2. The van der Waals surface area contributed by atoms with E-state index in [4.69, 9.17) is 4.74 Å². The van der Waals surface area contributed by atoms with Crippen LogP contribution in [0, 0.1) is 47.3 Å². The Morgan fingerprint density at radius 2 is 1.11 bits per heavy atom. The lowest BCUT2D eigenvalue weighted by molar-refractivity contribution is -0.0366. The van der Waals surface area contributed by atoms with Crippen molar-refractivity contribution >= 4 is 23.5 Å². The van der Waals surface area contributed by atoms with Crippen LogP contribution in [0.3, 0.4) is 0 Å². The Morgan fingerprint density at radius 3 is 2.00 bits per heavy atom. The Labute approximate surface area is 291 Å². The van der Waals surface area contributed by atoms with Crippen LogP contribution in [0.2, 0.25) is 0 Å². The maximum absolute atomic E-state index is 6.86.